The number of hydrogen-bond acceptors (Lipinski definition) is 5. The highest BCUT2D eigenvalue weighted by molar-refractivity contribution is 8.19. The zero-order valence-corrected chi connectivity index (χ0v) is 15.4. The Labute approximate surface area is 146 Å². The number of esters is 1. The number of rotatable bonds is 6. The minimum atomic E-state index is -0.465. The molecule has 1 aromatic rings. The summed E-state index contributed by atoms with van der Waals surface area (Å²) < 4.78 is 5.54. The average molecular weight is 354 g/mol. The van der Waals surface area contributed by atoms with E-state index in [1.165, 1.54) is 17.1 Å². The Balaban J connectivity index is 1.84. The number of benzene rings is 1. The van der Waals surface area contributed by atoms with Crippen molar-refractivity contribution in [2.24, 2.45) is 0 Å². The number of amides is 1. The van der Waals surface area contributed by atoms with Gasteiger partial charge >= 0.3 is 5.97 Å². The lowest BCUT2D eigenvalue weighted by molar-refractivity contribution is -0.125. The van der Waals surface area contributed by atoms with Gasteiger partial charge in [-0.25, -0.2) is 4.79 Å². The molecule has 1 saturated heterocycles. The molecule has 1 fully saturated rings. The van der Waals surface area contributed by atoms with Crippen LogP contribution in [0.2, 0.25) is 0 Å². The molecule has 0 radical (unpaired) electrons. The average Bonchev–Trinajstić information content (AvgIpc) is 3.07. The van der Waals surface area contributed by atoms with Gasteiger partial charge in [0.2, 0.25) is 0 Å². The Kier molecular flexibility index (Phi) is 6.41. The van der Waals surface area contributed by atoms with Gasteiger partial charge in [-0.05, 0) is 38.0 Å². The molecule has 0 unspecified atom stereocenters. The maximum absolute atomic E-state index is 12.0. The van der Waals surface area contributed by atoms with E-state index in [2.05, 4.69) is 5.32 Å². The van der Waals surface area contributed by atoms with E-state index in [4.69, 9.17) is 4.74 Å². The number of ether oxygens (including phenoxy) is 1. The highest BCUT2D eigenvalue weighted by Crippen LogP contribution is 2.45. The van der Waals surface area contributed by atoms with E-state index < -0.39 is 5.97 Å². The predicted octanol–water partition coefficient (Wildman–Crippen LogP) is 3.63. The Hall–Kier alpha value is -1.14. The normalized spacial score (nSPS) is 15.4. The third-order valence-corrected chi connectivity index (χ3v) is 6.84. The lowest BCUT2D eigenvalue weighted by Gasteiger charge is -2.24. The summed E-state index contributed by atoms with van der Waals surface area (Å²) in [5.41, 5.74) is 1.41. The Bertz CT molecular complexity index is 551. The summed E-state index contributed by atoms with van der Waals surface area (Å²) in [6.07, 6.45) is 0.811. The number of nitrogens with one attached hydrogen (secondary N) is 1. The largest absolute Gasteiger partial charge is 0.452 e. The SMILES string of the molecule is CCC(C)(C)NC(=O)COC(=O)c1ccc(C2SCCS2)cc1. The minimum absolute atomic E-state index is 0.252. The summed E-state index contributed by atoms with van der Waals surface area (Å²) in [6.45, 7) is 5.61. The third kappa shape index (κ3) is 5.46. The van der Waals surface area contributed by atoms with Crippen LogP contribution in [0.15, 0.2) is 24.3 Å². The first-order valence-corrected chi connectivity index (χ1v) is 9.82. The fourth-order valence-corrected chi connectivity index (χ4v) is 4.90. The highest BCUT2D eigenvalue weighted by atomic mass is 32.2. The summed E-state index contributed by atoms with van der Waals surface area (Å²) in [6, 6.07) is 7.47. The molecule has 4 nitrogen and oxygen atoms in total. The van der Waals surface area contributed by atoms with Crippen molar-refractivity contribution in [1.82, 2.24) is 5.32 Å². The second kappa shape index (κ2) is 8.11. The summed E-state index contributed by atoms with van der Waals surface area (Å²) in [5, 5.41) is 2.84. The van der Waals surface area contributed by atoms with Gasteiger partial charge in [0.05, 0.1) is 10.1 Å². The van der Waals surface area contributed by atoms with Crippen LogP contribution in [0.4, 0.5) is 0 Å². The van der Waals surface area contributed by atoms with Crippen LogP contribution in [-0.4, -0.2) is 35.5 Å². The molecular formula is C17H23NO3S2. The van der Waals surface area contributed by atoms with Gasteiger partial charge in [0, 0.05) is 17.0 Å². The van der Waals surface area contributed by atoms with Crippen LogP contribution in [0.25, 0.3) is 0 Å². The molecule has 0 aromatic heterocycles. The zero-order valence-electron chi connectivity index (χ0n) is 13.8. The number of hydrogen-bond donors (Lipinski definition) is 1. The molecule has 1 aromatic carbocycles. The smallest absolute Gasteiger partial charge is 0.338 e. The van der Waals surface area contributed by atoms with Gasteiger partial charge in [-0.1, -0.05) is 19.1 Å². The fraction of sp³-hybridized carbons (Fsp3) is 0.529. The predicted molar refractivity (Wildman–Crippen MR) is 96.9 cm³/mol. The van der Waals surface area contributed by atoms with Crippen LogP contribution in [0.3, 0.4) is 0 Å². The molecule has 0 saturated carbocycles. The molecule has 1 amide bonds. The molecule has 1 aliphatic heterocycles. The van der Waals surface area contributed by atoms with E-state index in [9.17, 15) is 9.59 Å². The van der Waals surface area contributed by atoms with Gasteiger partial charge in [0.1, 0.15) is 0 Å². The maximum atomic E-state index is 12.0. The number of carbonyl (C=O) groups is 2. The summed E-state index contributed by atoms with van der Waals surface area (Å²) in [5.74, 6) is 1.60. The molecular weight excluding hydrogens is 330 g/mol. The molecule has 23 heavy (non-hydrogen) atoms. The summed E-state index contributed by atoms with van der Waals surface area (Å²) in [4.78, 5) is 23.8. The van der Waals surface area contributed by atoms with E-state index in [0.717, 1.165) is 6.42 Å². The zero-order chi connectivity index (χ0) is 16.9. The van der Waals surface area contributed by atoms with Crippen molar-refractivity contribution < 1.29 is 14.3 Å². The van der Waals surface area contributed by atoms with Crippen molar-refractivity contribution in [3.8, 4) is 0 Å². The van der Waals surface area contributed by atoms with E-state index in [-0.39, 0.29) is 18.1 Å². The van der Waals surface area contributed by atoms with Crippen molar-refractivity contribution in [3.63, 3.8) is 0 Å². The first kappa shape index (κ1) is 18.2. The van der Waals surface area contributed by atoms with Gasteiger partial charge in [0.25, 0.3) is 5.91 Å². The van der Waals surface area contributed by atoms with Gasteiger partial charge < -0.3 is 10.1 Å². The van der Waals surface area contributed by atoms with Crippen LogP contribution in [0.5, 0.6) is 0 Å². The first-order chi connectivity index (χ1) is 10.9. The Morgan fingerprint density at radius 2 is 1.83 bits per heavy atom. The maximum Gasteiger partial charge on any atom is 0.338 e. The molecule has 1 aliphatic rings. The lowest BCUT2D eigenvalue weighted by atomic mass is 10.0. The van der Waals surface area contributed by atoms with Crippen molar-refractivity contribution in [3.05, 3.63) is 35.4 Å². The standard InChI is InChI=1S/C17H23NO3S2/c1-4-17(2,3)18-14(19)11-21-15(20)12-5-7-13(8-6-12)16-22-9-10-23-16/h5-8,16H,4,9-11H2,1-3H3,(H,18,19). The van der Waals surface area contributed by atoms with Crippen LogP contribution >= 0.6 is 23.5 Å². The molecule has 126 valence electrons. The fourth-order valence-electron chi connectivity index (χ4n) is 2.04. The molecule has 0 atom stereocenters. The van der Waals surface area contributed by atoms with Crippen LogP contribution in [0, 0.1) is 0 Å². The van der Waals surface area contributed by atoms with Gasteiger partial charge in [-0.3, -0.25) is 4.79 Å². The number of thioether (sulfide) groups is 2. The molecule has 2 rings (SSSR count). The Morgan fingerprint density at radius 3 is 2.39 bits per heavy atom. The van der Waals surface area contributed by atoms with Crippen LogP contribution in [0.1, 0.15) is 47.7 Å². The monoisotopic (exact) mass is 353 g/mol. The quantitative estimate of drug-likeness (QED) is 0.792. The lowest BCUT2D eigenvalue weighted by Crippen LogP contribution is -2.44. The highest BCUT2D eigenvalue weighted by Gasteiger charge is 2.20. The Morgan fingerprint density at radius 1 is 1.22 bits per heavy atom. The first-order valence-electron chi connectivity index (χ1n) is 7.72. The molecule has 0 bridgehead atoms. The van der Waals surface area contributed by atoms with Crippen molar-refractivity contribution >= 4 is 35.4 Å². The van der Waals surface area contributed by atoms with Crippen molar-refractivity contribution in [2.75, 3.05) is 18.1 Å². The van der Waals surface area contributed by atoms with Gasteiger partial charge in [-0.2, -0.15) is 0 Å². The van der Waals surface area contributed by atoms with E-state index in [0.29, 0.717) is 10.1 Å². The second-order valence-corrected chi connectivity index (χ2v) is 8.78. The third-order valence-electron chi connectivity index (χ3n) is 3.74. The van der Waals surface area contributed by atoms with Crippen LogP contribution < -0.4 is 5.32 Å². The summed E-state index contributed by atoms with van der Waals surface area (Å²) in [7, 11) is 0. The van der Waals surface area contributed by atoms with Crippen molar-refractivity contribution in [1.29, 1.82) is 0 Å². The topological polar surface area (TPSA) is 55.4 Å². The van der Waals surface area contributed by atoms with E-state index in [1.54, 1.807) is 12.1 Å². The second-order valence-electron chi connectivity index (χ2n) is 6.06. The minimum Gasteiger partial charge on any atom is -0.452 e. The van der Waals surface area contributed by atoms with E-state index >= 15 is 0 Å². The van der Waals surface area contributed by atoms with E-state index in [1.807, 2.05) is 56.4 Å². The van der Waals surface area contributed by atoms with Gasteiger partial charge in [0.15, 0.2) is 6.61 Å². The molecule has 1 N–H and O–H groups in total. The molecule has 1 heterocycles. The molecule has 6 heteroatoms. The summed E-state index contributed by atoms with van der Waals surface area (Å²) >= 11 is 3.85. The molecule has 0 spiro atoms. The van der Waals surface area contributed by atoms with Crippen molar-refractivity contribution in [2.45, 2.75) is 37.3 Å². The van der Waals surface area contributed by atoms with Crippen LogP contribution in [-0.2, 0) is 9.53 Å². The van der Waals surface area contributed by atoms with Gasteiger partial charge in [-0.15, -0.1) is 23.5 Å². The number of carbonyl (C=O) groups excluding carboxylic acids is 2. The molecule has 0 aliphatic carbocycles.